The Balaban J connectivity index is 1.10. The van der Waals surface area contributed by atoms with Gasteiger partial charge in [0, 0.05) is 73.7 Å². The number of anilines is 1. The summed E-state index contributed by atoms with van der Waals surface area (Å²) >= 11 is 0. The fourth-order valence-electron chi connectivity index (χ4n) is 4.87. The van der Waals surface area contributed by atoms with Crippen molar-refractivity contribution < 1.29 is 9.53 Å². The maximum absolute atomic E-state index is 12.5. The molecule has 0 aliphatic carbocycles. The highest BCUT2D eigenvalue weighted by atomic mass is 16.5. The summed E-state index contributed by atoms with van der Waals surface area (Å²) in [5.74, 6) is 1.37. The minimum atomic E-state index is 0.133. The molecule has 0 saturated carbocycles. The number of fused-ring (bicyclic) bond motifs is 1. The first-order chi connectivity index (χ1) is 15.8. The molecule has 1 amide bonds. The Labute approximate surface area is 188 Å². The molecule has 2 aliphatic heterocycles. The molecule has 2 saturated heterocycles. The average molecular weight is 434 g/mol. The van der Waals surface area contributed by atoms with Gasteiger partial charge in [-0.1, -0.05) is 18.2 Å². The van der Waals surface area contributed by atoms with Crippen molar-refractivity contribution in [2.45, 2.75) is 50.5 Å². The summed E-state index contributed by atoms with van der Waals surface area (Å²) in [6.45, 7) is 3.26. The van der Waals surface area contributed by atoms with Crippen LogP contribution in [0.25, 0.3) is 10.9 Å². The van der Waals surface area contributed by atoms with Crippen molar-refractivity contribution in [3.05, 3.63) is 54.0 Å². The Hall–Kier alpha value is -2.93. The van der Waals surface area contributed by atoms with E-state index in [0.29, 0.717) is 12.3 Å². The number of ether oxygens (including phenoxy) is 1. The van der Waals surface area contributed by atoms with Crippen LogP contribution in [0.5, 0.6) is 0 Å². The third kappa shape index (κ3) is 4.78. The van der Waals surface area contributed by atoms with Gasteiger partial charge in [-0.3, -0.25) is 4.79 Å². The van der Waals surface area contributed by atoms with E-state index in [1.807, 2.05) is 18.3 Å². The van der Waals surface area contributed by atoms with E-state index < -0.39 is 0 Å². The van der Waals surface area contributed by atoms with Crippen LogP contribution >= 0.6 is 0 Å². The minimum Gasteiger partial charge on any atom is -0.381 e. The van der Waals surface area contributed by atoms with Gasteiger partial charge in [0.2, 0.25) is 11.9 Å². The third-order valence-electron chi connectivity index (χ3n) is 6.67. The van der Waals surface area contributed by atoms with Crippen molar-refractivity contribution in [3.63, 3.8) is 0 Å². The molecule has 1 unspecified atom stereocenters. The standard InChI is InChI=1S/C25H31N5O2/c31-24(7-3-4-19-16-27-23-6-2-1-5-21(19)23)28-20-9-13-30(17-20)25-26-12-8-22(29-25)18-10-14-32-15-11-18/h1-2,5-6,8,12,16,18,20,27H,3-4,7,9-11,13-15,17H2,(H,28,31). The topological polar surface area (TPSA) is 83.1 Å². The van der Waals surface area contributed by atoms with Crippen molar-refractivity contribution in [1.29, 1.82) is 0 Å². The van der Waals surface area contributed by atoms with E-state index in [9.17, 15) is 4.79 Å². The van der Waals surface area contributed by atoms with Gasteiger partial charge in [-0.15, -0.1) is 0 Å². The Kier molecular flexibility index (Phi) is 6.34. The monoisotopic (exact) mass is 433 g/mol. The highest BCUT2D eigenvalue weighted by molar-refractivity contribution is 5.83. The lowest BCUT2D eigenvalue weighted by Crippen LogP contribution is -2.37. The number of amides is 1. The number of carbonyl (C=O) groups is 1. The maximum Gasteiger partial charge on any atom is 0.225 e. The lowest BCUT2D eigenvalue weighted by Gasteiger charge is -2.23. The van der Waals surface area contributed by atoms with Crippen LogP contribution in [0.2, 0.25) is 0 Å². The molecule has 0 radical (unpaired) electrons. The summed E-state index contributed by atoms with van der Waals surface area (Å²) in [5, 5.41) is 4.47. The van der Waals surface area contributed by atoms with Crippen LogP contribution in [-0.4, -0.2) is 53.2 Å². The summed E-state index contributed by atoms with van der Waals surface area (Å²) in [6.07, 6.45) is 9.20. The second kappa shape index (κ2) is 9.69. The average Bonchev–Trinajstić information content (AvgIpc) is 3.47. The zero-order valence-corrected chi connectivity index (χ0v) is 18.4. The second-order valence-corrected chi connectivity index (χ2v) is 8.88. The molecule has 2 N–H and O–H groups in total. The molecule has 2 fully saturated rings. The largest absolute Gasteiger partial charge is 0.381 e. The number of aryl methyl sites for hydroxylation is 1. The van der Waals surface area contributed by atoms with Gasteiger partial charge in [0.25, 0.3) is 0 Å². The van der Waals surface area contributed by atoms with Crippen molar-refractivity contribution in [2.75, 3.05) is 31.2 Å². The van der Waals surface area contributed by atoms with Gasteiger partial charge >= 0.3 is 0 Å². The number of H-pyrrole nitrogens is 1. The number of rotatable bonds is 7. The van der Waals surface area contributed by atoms with Crippen molar-refractivity contribution in [3.8, 4) is 0 Å². The number of carbonyl (C=O) groups excluding carboxylic acids is 1. The molecule has 7 nitrogen and oxygen atoms in total. The number of hydrogen-bond acceptors (Lipinski definition) is 5. The number of benzene rings is 1. The summed E-state index contributed by atoms with van der Waals surface area (Å²) in [5.41, 5.74) is 3.55. The van der Waals surface area contributed by atoms with Crippen LogP contribution in [0.1, 0.15) is 49.3 Å². The van der Waals surface area contributed by atoms with Crippen molar-refractivity contribution >= 4 is 22.8 Å². The number of hydrogen-bond donors (Lipinski definition) is 2. The summed E-state index contributed by atoms with van der Waals surface area (Å²) in [7, 11) is 0. The molecule has 2 aromatic heterocycles. The predicted octanol–water partition coefficient (Wildman–Crippen LogP) is 3.57. The van der Waals surface area contributed by atoms with Gasteiger partial charge in [-0.25, -0.2) is 9.97 Å². The highest BCUT2D eigenvalue weighted by Gasteiger charge is 2.26. The molecule has 168 valence electrons. The molecule has 5 rings (SSSR count). The number of aromatic nitrogens is 3. The number of nitrogens with one attached hydrogen (secondary N) is 2. The maximum atomic E-state index is 12.5. The molecule has 0 spiro atoms. The Morgan fingerprint density at radius 2 is 2.06 bits per heavy atom. The van der Waals surface area contributed by atoms with Crippen LogP contribution in [0, 0.1) is 0 Å². The smallest absolute Gasteiger partial charge is 0.225 e. The quantitative estimate of drug-likeness (QED) is 0.595. The normalized spacial score (nSPS) is 19.5. The van der Waals surface area contributed by atoms with Crippen LogP contribution in [0.3, 0.4) is 0 Å². The number of para-hydroxylation sites is 1. The van der Waals surface area contributed by atoms with Gasteiger partial charge in [0.05, 0.1) is 0 Å². The fourth-order valence-corrected chi connectivity index (χ4v) is 4.87. The molecule has 2 aliphatic rings. The van der Waals surface area contributed by atoms with Crippen molar-refractivity contribution in [2.24, 2.45) is 0 Å². The Bertz CT molecular complexity index is 1060. The van der Waals surface area contributed by atoms with E-state index in [1.54, 1.807) is 0 Å². The van der Waals surface area contributed by atoms with Gasteiger partial charge in [0.15, 0.2) is 0 Å². The van der Waals surface area contributed by atoms with E-state index in [2.05, 4.69) is 44.6 Å². The predicted molar refractivity (Wildman–Crippen MR) is 125 cm³/mol. The summed E-state index contributed by atoms with van der Waals surface area (Å²) in [6, 6.07) is 10.5. The van der Waals surface area contributed by atoms with Crippen LogP contribution < -0.4 is 10.2 Å². The lowest BCUT2D eigenvalue weighted by molar-refractivity contribution is -0.121. The number of nitrogens with zero attached hydrogens (tertiary/aromatic N) is 3. The molecule has 0 bridgehead atoms. The SMILES string of the molecule is O=C(CCCc1c[nH]c2ccccc12)NC1CCN(c2nccc(C3CCOCC3)n2)C1. The van der Waals surface area contributed by atoms with E-state index >= 15 is 0 Å². The minimum absolute atomic E-state index is 0.133. The molecule has 3 aromatic rings. The van der Waals surface area contributed by atoms with E-state index in [0.717, 1.165) is 75.6 Å². The molecule has 32 heavy (non-hydrogen) atoms. The molecular weight excluding hydrogens is 402 g/mol. The van der Waals surface area contributed by atoms with E-state index in [4.69, 9.17) is 9.72 Å². The van der Waals surface area contributed by atoms with Crippen molar-refractivity contribution in [1.82, 2.24) is 20.3 Å². The first-order valence-electron chi connectivity index (χ1n) is 11.8. The Morgan fingerprint density at radius 1 is 1.19 bits per heavy atom. The fraction of sp³-hybridized carbons (Fsp3) is 0.480. The molecule has 7 heteroatoms. The summed E-state index contributed by atoms with van der Waals surface area (Å²) in [4.78, 5) is 27.4. The van der Waals surface area contributed by atoms with Crippen LogP contribution in [-0.2, 0) is 16.0 Å². The van der Waals surface area contributed by atoms with Gasteiger partial charge in [-0.2, -0.15) is 0 Å². The molecule has 4 heterocycles. The number of aromatic amines is 1. The van der Waals surface area contributed by atoms with Crippen LogP contribution in [0.15, 0.2) is 42.7 Å². The Morgan fingerprint density at radius 3 is 2.97 bits per heavy atom. The van der Waals surface area contributed by atoms with E-state index in [1.165, 1.54) is 10.9 Å². The second-order valence-electron chi connectivity index (χ2n) is 8.88. The first kappa shape index (κ1) is 20.9. The lowest BCUT2D eigenvalue weighted by atomic mass is 9.96. The molecular formula is C25H31N5O2. The third-order valence-corrected chi connectivity index (χ3v) is 6.67. The zero-order chi connectivity index (χ0) is 21.8. The molecule has 1 atom stereocenters. The van der Waals surface area contributed by atoms with Crippen LogP contribution in [0.4, 0.5) is 5.95 Å². The molecule has 1 aromatic carbocycles. The highest BCUT2D eigenvalue weighted by Crippen LogP contribution is 2.27. The first-order valence-corrected chi connectivity index (χ1v) is 11.8. The zero-order valence-electron chi connectivity index (χ0n) is 18.4. The van der Waals surface area contributed by atoms with E-state index in [-0.39, 0.29) is 11.9 Å². The van der Waals surface area contributed by atoms with Gasteiger partial charge < -0.3 is 19.9 Å². The summed E-state index contributed by atoms with van der Waals surface area (Å²) < 4.78 is 5.47. The van der Waals surface area contributed by atoms with Gasteiger partial charge in [0.1, 0.15) is 0 Å². The van der Waals surface area contributed by atoms with Gasteiger partial charge in [-0.05, 0) is 49.8 Å².